The molecule has 1 aromatic heterocycles. The van der Waals surface area contributed by atoms with Gasteiger partial charge in [0.2, 0.25) is 5.95 Å². The van der Waals surface area contributed by atoms with E-state index >= 15 is 0 Å². The predicted octanol–water partition coefficient (Wildman–Crippen LogP) is 2.93. The van der Waals surface area contributed by atoms with Crippen LogP contribution in [0.3, 0.4) is 0 Å². The molecule has 0 aliphatic carbocycles. The second-order valence-electron chi connectivity index (χ2n) is 4.24. The van der Waals surface area contributed by atoms with Crippen LogP contribution in [0.4, 0.5) is 10.3 Å². The summed E-state index contributed by atoms with van der Waals surface area (Å²) in [5.74, 6) is -0.193. The molecule has 3 aromatic rings. The molecule has 98 valence electrons. The molecule has 0 radical (unpaired) electrons. The third kappa shape index (κ3) is 2.33. The molecule has 0 saturated heterocycles. The fourth-order valence-electron chi connectivity index (χ4n) is 1.94. The molecule has 20 heavy (non-hydrogen) atoms. The Bertz CT molecular complexity index is 727. The van der Waals surface area contributed by atoms with Gasteiger partial charge in [0, 0.05) is 11.1 Å². The number of nitrogens with zero attached hydrogens (tertiary/aromatic N) is 3. The number of nitrogen functional groups attached to an aromatic ring is 1. The Balaban J connectivity index is 2.19. The van der Waals surface area contributed by atoms with Gasteiger partial charge in [-0.05, 0) is 24.3 Å². The smallest absolute Gasteiger partial charge is 0.240 e. The highest BCUT2D eigenvalue weighted by Crippen LogP contribution is 2.28. The van der Waals surface area contributed by atoms with Crippen molar-refractivity contribution in [2.45, 2.75) is 0 Å². The first kappa shape index (κ1) is 12.2. The molecule has 2 N–H and O–H groups in total. The van der Waals surface area contributed by atoms with E-state index in [0.29, 0.717) is 11.4 Å². The fraction of sp³-hybridized carbons (Fsp3) is 0. The summed E-state index contributed by atoms with van der Waals surface area (Å²) in [6.07, 6.45) is 0. The van der Waals surface area contributed by atoms with E-state index in [1.807, 2.05) is 30.3 Å². The van der Waals surface area contributed by atoms with Crippen molar-refractivity contribution in [1.82, 2.24) is 15.2 Å². The van der Waals surface area contributed by atoms with Gasteiger partial charge in [-0.3, -0.25) is 0 Å². The largest absolute Gasteiger partial charge is 0.366 e. The second-order valence-corrected chi connectivity index (χ2v) is 4.24. The Kier molecular flexibility index (Phi) is 3.09. The van der Waals surface area contributed by atoms with Crippen LogP contribution >= 0.6 is 0 Å². The highest BCUT2D eigenvalue weighted by molar-refractivity contribution is 5.77. The van der Waals surface area contributed by atoms with Gasteiger partial charge in [-0.2, -0.15) is 0 Å². The Morgan fingerprint density at radius 1 is 0.750 bits per heavy atom. The molecule has 3 rings (SSSR count). The maximum absolute atomic E-state index is 13.0. The van der Waals surface area contributed by atoms with E-state index in [2.05, 4.69) is 15.2 Å². The zero-order valence-electron chi connectivity index (χ0n) is 10.5. The van der Waals surface area contributed by atoms with Crippen molar-refractivity contribution in [1.29, 1.82) is 0 Å². The van der Waals surface area contributed by atoms with Crippen LogP contribution in [-0.2, 0) is 0 Å². The van der Waals surface area contributed by atoms with E-state index in [1.165, 1.54) is 12.1 Å². The normalized spacial score (nSPS) is 10.4. The van der Waals surface area contributed by atoms with E-state index in [0.717, 1.165) is 11.1 Å². The summed E-state index contributed by atoms with van der Waals surface area (Å²) in [4.78, 5) is 4.25. The maximum Gasteiger partial charge on any atom is 0.240 e. The fourth-order valence-corrected chi connectivity index (χ4v) is 1.94. The number of benzene rings is 2. The third-order valence-corrected chi connectivity index (χ3v) is 2.87. The molecule has 1 heterocycles. The van der Waals surface area contributed by atoms with Crippen LogP contribution in [0.1, 0.15) is 0 Å². The van der Waals surface area contributed by atoms with Gasteiger partial charge in [0.1, 0.15) is 17.2 Å². The van der Waals surface area contributed by atoms with E-state index in [-0.39, 0.29) is 11.8 Å². The van der Waals surface area contributed by atoms with Crippen molar-refractivity contribution < 1.29 is 4.39 Å². The topological polar surface area (TPSA) is 64.7 Å². The van der Waals surface area contributed by atoms with Crippen molar-refractivity contribution in [3.8, 4) is 22.5 Å². The summed E-state index contributed by atoms with van der Waals surface area (Å²) in [6, 6.07) is 15.6. The maximum atomic E-state index is 13.0. The number of nitrogens with two attached hydrogens (primary N) is 1. The van der Waals surface area contributed by atoms with Gasteiger partial charge in [-0.1, -0.05) is 30.3 Å². The first-order chi connectivity index (χ1) is 9.74. The van der Waals surface area contributed by atoms with Crippen LogP contribution in [0, 0.1) is 5.82 Å². The van der Waals surface area contributed by atoms with Gasteiger partial charge in [0.05, 0.1) is 0 Å². The zero-order valence-corrected chi connectivity index (χ0v) is 10.5. The average molecular weight is 266 g/mol. The van der Waals surface area contributed by atoms with E-state index in [9.17, 15) is 4.39 Å². The lowest BCUT2D eigenvalue weighted by atomic mass is 10.0. The van der Waals surface area contributed by atoms with Crippen molar-refractivity contribution in [2.24, 2.45) is 0 Å². The van der Waals surface area contributed by atoms with Crippen LogP contribution in [-0.4, -0.2) is 15.2 Å². The van der Waals surface area contributed by atoms with Gasteiger partial charge in [-0.25, -0.2) is 9.37 Å². The summed E-state index contributed by atoms with van der Waals surface area (Å²) in [6.45, 7) is 0. The third-order valence-electron chi connectivity index (χ3n) is 2.87. The minimum absolute atomic E-state index is 0.106. The number of anilines is 1. The molecule has 0 atom stereocenters. The lowest BCUT2D eigenvalue weighted by molar-refractivity contribution is 0.628. The molecule has 2 aromatic carbocycles. The summed E-state index contributed by atoms with van der Waals surface area (Å²) in [5, 5.41) is 7.88. The monoisotopic (exact) mass is 266 g/mol. The van der Waals surface area contributed by atoms with Crippen LogP contribution < -0.4 is 5.73 Å². The highest BCUT2D eigenvalue weighted by atomic mass is 19.1. The van der Waals surface area contributed by atoms with Gasteiger partial charge in [0.25, 0.3) is 0 Å². The van der Waals surface area contributed by atoms with Crippen LogP contribution in [0.2, 0.25) is 0 Å². The molecular weight excluding hydrogens is 255 g/mol. The molecule has 4 nitrogen and oxygen atoms in total. The number of hydrogen-bond acceptors (Lipinski definition) is 4. The number of hydrogen-bond donors (Lipinski definition) is 1. The highest BCUT2D eigenvalue weighted by Gasteiger charge is 2.12. The molecule has 0 aliphatic rings. The lowest BCUT2D eigenvalue weighted by Gasteiger charge is -2.07. The summed E-state index contributed by atoms with van der Waals surface area (Å²) < 4.78 is 13.0. The van der Waals surface area contributed by atoms with Crippen molar-refractivity contribution in [3.05, 3.63) is 60.4 Å². The second kappa shape index (κ2) is 5.05. The lowest BCUT2D eigenvalue weighted by Crippen LogP contribution is -2.02. The molecule has 0 bridgehead atoms. The molecule has 0 spiro atoms. The quantitative estimate of drug-likeness (QED) is 0.774. The molecular formula is C15H11FN4. The van der Waals surface area contributed by atoms with Gasteiger partial charge in [0.15, 0.2) is 0 Å². The van der Waals surface area contributed by atoms with Crippen LogP contribution in [0.15, 0.2) is 54.6 Å². The van der Waals surface area contributed by atoms with Crippen molar-refractivity contribution >= 4 is 5.95 Å². The predicted molar refractivity (Wildman–Crippen MR) is 75.1 cm³/mol. The first-order valence-electron chi connectivity index (χ1n) is 6.05. The molecule has 0 fully saturated rings. The van der Waals surface area contributed by atoms with Crippen LogP contribution in [0.5, 0.6) is 0 Å². The van der Waals surface area contributed by atoms with Gasteiger partial charge >= 0.3 is 0 Å². The van der Waals surface area contributed by atoms with Gasteiger partial charge < -0.3 is 5.73 Å². The average Bonchev–Trinajstić information content (AvgIpc) is 2.49. The van der Waals surface area contributed by atoms with E-state index in [4.69, 9.17) is 5.73 Å². The molecule has 0 amide bonds. The SMILES string of the molecule is Nc1nnc(-c2ccc(F)cc2)c(-c2ccccc2)n1. The Morgan fingerprint density at radius 2 is 1.40 bits per heavy atom. The number of rotatable bonds is 2. The minimum atomic E-state index is -0.300. The standard InChI is InChI=1S/C15H11FN4/c16-12-8-6-11(7-9-12)14-13(18-15(17)20-19-14)10-4-2-1-3-5-10/h1-9H,(H2,17,18,20). The molecule has 0 saturated carbocycles. The first-order valence-corrected chi connectivity index (χ1v) is 6.05. The van der Waals surface area contributed by atoms with Crippen molar-refractivity contribution in [2.75, 3.05) is 5.73 Å². The van der Waals surface area contributed by atoms with Crippen molar-refractivity contribution in [3.63, 3.8) is 0 Å². The number of aromatic nitrogens is 3. The molecule has 5 heteroatoms. The summed E-state index contributed by atoms with van der Waals surface area (Å²) in [5.41, 5.74) is 8.45. The van der Waals surface area contributed by atoms with E-state index < -0.39 is 0 Å². The Labute approximate surface area is 115 Å². The van der Waals surface area contributed by atoms with Crippen LogP contribution in [0.25, 0.3) is 22.5 Å². The minimum Gasteiger partial charge on any atom is -0.366 e. The zero-order chi connectivity index (χ0) is 13.9. The van der Waals surface area contributed by atoms with Gasteiger partial charge in [-0.15, -0.1) is 10.2 Å². The Hall–Kier alpha value is -2.82. The molecule has 0 unspecified atom stereocenters. The molecule has 0 aliphatic heterocycles. The van der Waals surface area contributed by atoms with E-state index in [1.54, 1.807) is 12.1 Å². The Morgan fingerprint density at radius 3 is 2.10 bits per heavy atom. The summed E-state index contributed by atoms with van der Waals surface area (Å²) >= 11 is 0. The summed E-state index contributed by atoms with van der Waals surface area (Å²) in [7, 11) is 0. The number of halogens is 1.